The van der Waals surface area contributed by atoms with Gasteiger partial charge in [0.05, 0.1) is 26.9 Å². The molecule has 29 heavy (non-hydrogen) atoms. The van der Waals surface area contributed by atoms with Crippen LogP contribution in [0.5, 0.6) is 17.2 Å². The fourth-order valence-corrected chi connectivity index (χ4v) is 2.79. The maximum atomic E-state index is 12.6. The van der Waals surface area contributed by atoms with E-state index in [2.05, 4.69) is 15.5 Å². The molecule has 0 spiro atoms. The third-order valence-corrected chi connectivity index (χ3v) is 4.44. The summed E-state index contributed by atoms with van der Waals surface area (Å²) in [6, 6.07) is 3.68. The van der Waals surface area contributed by atoms with E-state index in [4.69, 9.17) is 18.7 Å². The van der Waals surface area contributed by atoms with Gasteiger partial charge in [-0.2, -0.15) is 4.98 Å². The second-order valence-electron chi connectivity index (χ2n) is 8.38. The fraction of sp³-hybridized carbons (Fsp3) is 0.571. The summed E-state index contributed by atoms with van der Waals surface area (Å²) in [6.07, 6.45) is 0.796. The molecule has 1 N–H and O–H groups in total. The van der Waals surface area contributed by atoms with Crippen molar-refractivity contribution in [2.45, 2.75) is 58.4 Å². The van der Waals surface area contributed by atoms with Crippen molar-refractivity contribution in [1.82, 2.24) is 15.5 Å². The van der Waals surface area contributed by atoms with Crippen molar-refractivity contribution in [1.29, 1.82) is 0 Å². The Morgan fingerprint density at radius 3 is 2.07 bits per heavy atom. The van der Waals surface area contributed by atoms with E-state index in [-0.39, 0.29) is 17.7 Å². The molecule has 1 heterocycles. The van der Waals surface area contributed by atoms with Crippen LogP contribution in [0.25, 0.3) is 0 Å². The molecular formula is C21H31N3O5. The van der Waals surface area contributed by atoms with Crippen LogP contribution in [0.1, 0.15) is 58.3 Å². The van der Waals surface area contributed by atoms with Crippen molar-refractivity contribution in [3.05, 3.63) is 29.4 Å². The van der Waals surface area contributed by atoms with E-state index in [1.54, 1.807) is 21.3 Å². The molecule has 0 saturated carbocycles. The molecule has 0 radical (unpaired) electrons. The Kier molecular flexibility index (Phi) is 6.77. The Bertz CT molecular complexity index is 827. The van der Waals surface area contributed by atoms with Crippen LogP contribution < -0.4 is 19.5 Å². The number of nitrogens with zero attached hydrogens (tertiary/aromatic N) is 2. The van der Waals surface area contributed by atoms with Crippen LogP contribution in [0.15, 0.2) is 16.7 Å². The molecule has 0 aliphatic rings. The van der Waals surface area contributed by atoms with E-state index in [1.165, 1.54) is 0 Å². The molecule has 0 bridgehead atoms. The highest BCUT2D eigenvalue weighted by molar-refractivity contribution is 5.77. The number of carbonyl (C=O) groups is 1. The summed E-state index contributed by atoms with van der Waals surface area (Å²) in [4.78, 5) is 17.0. The molecule has 0 atom stereocenters. The van der Waals surface area contributed by atoms with Gasteiger partial charge in [-0.05, 0) is 38.0 Å². The zero-order chi connectivity index (χ0) is 21.8. The lowest BCUT2D eigenvalue weighted by Gasteiger charge is -2.22. The largest absolute Gasteiger partial charge is 0.493 e. The number of carbonyl (C=O) groups excluding carboxylic acids is 1. The van der Waals surface area contributed by atoms with Crippen LogP contribution in [0, 0.1) is 0 Å². The number of rotatable bonds is 8. The quantitative estimate of drug-likeness (QED) is 0.719. The monoisotopic (exact) mass is 405 g/mol. The van der Waals surface area contributed by atoms with Crippen LogP contribution in [-0.4, -0.2) is 37.4 Å². The molecule has 8 nitrogen and oxygen atoms in total. The van der Waals surface area contributed by atoms with Crippen molar-refractivity contribution in [3.8, 4) is 17.2 Å². The normalized spacial score (nSPS) is 11.9. The molecule has 160 valence electrons. The molecule has 0 aliphatic carbocycles. The number of ether oxygens (including phenoxy) is 3. The molecule has 0 fully saturated rings. The molecule has 8 heteroatoms. The Morgan fingerprint density at radius 2 is 1.62 bits per heavy atom. The van der Waals surface area contributed by atoms with Crippen LogP contribution in [-0.2, 0) is 22.2 Å². The van der Waals surface area contributed by atoms with Gasteiger partial charge in [-0.1, -0.05) is 25.9 Å². The SMILES string of the molecule is COc1cc(CCC(=O)NC(C)(C)c2noc(C(C)(C)C)n2)cc(OC)c1OC. The first-order valence-corrected chi connectivity index (χ1v) is 9.46. The number of aryl methyl sites for hydroxylation is 1. The number of methoxy groups -OCH3 is 3. The number of aromatic nitrogens is 2. The summed E-state index contributed by atoms with van der Waals surface area (Å²) in [7, 11) is 4.68. The first kappa shape index (κ1) is 22.5. The number of nitrogens with one attached hydrogen (secondary N) is 1. The zero-order valence-electron chi connectivity index (χ0n) is 18.5. The predicted octanol–water partition coefficient (Wildman–Crippen LogP) is 3.38. The van der Waals surface area contributed by atoms with Gasteiger partial charge in [0.1, 0.15) is 0 Å². The first-order chi connectivity index (χ1) is 13.5. The Hall–Kier alpha value is -2.77. The summed E-state index contributed by atoms with van der Waals surface area (Å²) in [5.74, 6) is 2.51. The molecular weight excluding hydrogens is 374 g/mol. The van der Waals surface area contributed by atoms with Crippen LogP contribution >= 0.6 is 0 Å². The number of benzene rings is 1. The van der Waals surface area contributed by atoms with Gasteiger partial charge in [-0.3, -0.25) is 4.79 Å². The van der Waals surface area contributed by atoms with Crippen molar-refractivity contribution in [2.75, 3.05) is 21.3 Å². The molecule has 1 aromatic carbocycles. The first-order valence-electron chi connectivity index (χ1n) is 9.46. The minimum Gasteiger partial charge on any atom is -0.493 e. The lowest BCUT2D eigenvalue weighted by molar-refractivity contribution is -0.122. The summed E-state index contributed by atoms with van der Waals surface area (Å²) in [6.45, 7) is 9.68. The van der Waals surface area contributed by atoms with Gasteiger partial charge in [0, 0.05) is 11.8 Å². The summed E-state index contributed by atoms with van der Waals surface area (Å²) in [5, 5.41) is 7.02. The fourth-order valence-electron chi connectivity index (χ4n) is 2.79. The number of hydrogen-bond donors (Lipinski definition) is 1. The predicted molar refractivity (Wildman–Crippen MR) is 109 cm³/mol. The van der Waals surface area contributed by atoms with E-state index < -0.39 is 5.54 Å². The van der Waals surface area contributed by atoms with Gasteiger partial charge in [-0.25, -0.2) is 0 Å². The van der Waals surface area contributed by atoms with E-state index in [0.717, 1.165) is 5.56 Å². The Balaban J connectivity index is 2.06. The molecule has 0 aliphatic heterocycles. The molecule has 0 saturated heterocycles. The third kappa shape index (κ3) is 5.40. The minimum absolute atomic E-state index is 0.120. The van der Waals surface area contributed by atoms with Crippen LogP contribution in [0.3, 0.4) is 0 Å². The highest BCUT2D eigenvalue weighted by Crippen LogP contribution is 2.38. The smallest absolute Gasteiger partial charge is 0.232 e. The van der Waals surface area contributed by atoms with Gasteiger partial charge in [0.2, 0.25) is 17.5 Å². The van der Waals surface area contributed by atoms with Gasteiger partial charge in [-0.15, -0.1) is 0 Å². The van der Waals surface area contributed by atoms with Gasteiger partial charge in [0.15, 0.2) is 17.3 Å². The van der Waals surface area contributed by atoms with Gasteiger partial charge < -0.3 is 24.1 Å². The third-order valence-electron chi connectivity index (χ3n) is 4.44. The average Bonchev–Trinajstić information content (AvgIpc) is 3.16. The van der Waals surface area contributed by atoms with Crippen molar-refractivity contribution in [3.63, 3.8) is 0 Å². The Labute approximate surface area is 171 Å². The highest BCUT2D eigenvalue weighted by atomic mass is 16.5. The van der Waals surface area contributed by atoms with Crippen LogP contribution in [0.2, 0.25) is 0 Å². The molecule has 1 aromatic heterocycles. The summed E-state index contributed by atoms with van der Waals surface area (Å²) in [5.41, 5.74) is -0.0981. The van der Waals surface area contributed by atoms with Gasteiger partial charge in [0.25, 0.3) is 0 Å². The number of amides is 1. The second kappa shape index (κ2) is 8.71. The van der Waals surface area contributed by atoms with E-state index >= 15 is 0 Å². The van der Waals surface area contributed by atoms with Crippen molar-refractivity contribution >= 4 is 5.91 Å². The molecule has 1 amide bonds. The molecule has 2 aromatic rings. The second-order valence-corrected chi connectivity index (χ2v) is 8.38. The van der Waals surface area contributed by atoms with Crippen molar-refractivity contribution < 1.29 is 23.5 Å². The Morgan fingerprint density at radius 1 is 1.03 bits per heavy atom. The standard InChI is InChI=1S/C21H31N3O5/c1-20(2,3)19-22-18(24-29-19)21(4,5)23-16(25)10-9-13-11-14(26-6)17(28-8)15(12-13)27-7/h11-12H,9-10H2,1-8H3,(H,23,25). The van der Waals surface area contributed by atoms with Gasteiger partial charge >= 0.3 is 0 Å². The average molecular weight is 405 g/mol. The maximum Gasteiger partial charge on any atom is 0.232 e. The molecule has 2 rings (SSSR count). The number of hydrogen-bond acceptors (Lipinski definition) is 7. The lowest BCUT2D eigenvalue weighted by atomic mass is 9.97. The summed E-state index contributed by atoms with van der Waals surface area (Å²) < 4.78 is 21.4. The topological polar surface area (TPSA) is 95.7 Å². The van der Waals surface area contributed by atoms with Crippen LogP contribution in [0.4, 0.5) is 0 Å². The lowest BCUT2D eigenvalue weighted by Crippen LogP contribution is -2.42. The van der Waals surface area contributed by atoms with E-state index in [0.29, 0.717) is 35.4 Å². The van der Waals surface area contributed by atoms with E-state index in [1.807, 2.05) is 46.8 Å². The molecule has 0 unspecified atom stereocenters. The van der Waals surface area contributed by atoms with E-state index in [9.17, 15) is 4.79 Å². The summed E-state index contributed by atoms with van der Waals surface area (Å²) >= 11 is 0. The maximum absolute atomic E-state index is 12.6. The highest BCUT2D eigenvalue weighted by Gasteiger charge is 2.31. The zero-order valence-corrected chi connectivity index (χ0v) is 18.5. The minimum atomic E-state index is -0.751. The van der Waals surface area contributed by atoms with Crippen molar-refractivity contribution in [2.24, 2.45) is 0 Å².